The third-order valence-corrected chi connectivity index (χ3v) is 3.70. The second-order valence-electron chi connectivity index (χ2n) is 5.51. The average molecular weight is 349 g/mol. The highest BCUT2D eigenvalue weighted by atomic mass is 16.5. The molecule has 3 aromatic rings. The van der Waals surface area contributed by atoms with Crippen LogP contribution in [0.1, 0.15) is 21.6 Å². The van der Waals surface area contributed by atoms with Crippen molar-refractivity contribution in [1.82, 2.24) is 20.3 Å². The minimum absolute atomic E-state index is 0.254. The molecule has 1 aromatic carbocycles. The molecule has 0 saturated heterocycles. The van der Waals surface area contributed by atoms with Gasteiger partial charge >= 0.3 is 0 Å². The fourth-order valence-electron chi connectivity index (χ4n) is 2.27. The van der Waals surface area contributed by atoms with Crippen molar-refractivity contribution in [3.05, 3.63) is 77.9 Å². The summed E-state index contributed by atoms with van der Waals surface area (Å²) in [4.78, 5) is 24.7. The molecule has 0 aliphatic carbocycles. The number of carbonyl (C=O) groups is 1. The first-order valence-corrected chi connectivity index (χ1v) is 8.11. The summed E-state index contributed by atoms with van der Waals surface area (Å²) in [7, 11) is 1.62. The van der Waals surface area contributed by atoms with Crippen molar-refractivity contribution < 1.29 is 9.53 Å². The Morgan fingerprint density at radius 2 is 1.69 bits per heavy atom. The van der Waals surface area contributed by atoms with Gasteiger partial charge in [-0.25, -0.2) is 9.97 Å². The highest BCUT2D eigenvalue weighted by Gasteiger charge is 2.08. The molecule has 0 radical (unpaired) electrons. The lowest BCUT2D eigenvalue weighted by atomic mass is 10.2. The van der Waals surface area contributed by atoms with Crippen molar-refractivity contribution in [2.75, 3.05) is 12.4 Å². The van der Waals surface area contributed by atoms with Gasteiger partial charge in [0.25, 0.3) is 5.91 Å². The van der Waals surface area contributed by atoms with Crippen LogP contribution in [0.3, 0.4) is 0 Å². The van der Waals surface area contributed by atoms with Crippen molar-refractivity contribution in [1.29, 1.82) is 0 Å². The van der Waals surface area contributed by atoms with Gasteiger partial charge in [-0.1, -0.05) is 12.1 Å². The predicted octanol–water partition coefficient (Wildman–Crippen LogP) is 2.42. The van der Waals surface area contributed by atoms with Gasteiger partial charge < -0.3 is 15.4 Å². The van der Waals surface area contributed by atoms with Gasteiger partial charge in [0, 0.05) is 31.7 Å². The number of methoxy groups -OCH3 is 1. The molecule has 0 unspecified atom stereocenters. The summed E-state index contributed by atoms with van der Waals surface area (Å²) in [6, 6.07) is 12.9. The third kappa shape index (κ3) is 4.76. The molecule has 26 heavy (non-hydrogen) atoms. The Bertz CT molecular complexity index is 853. The summed E-state index contributed by atoms with van der Waals surface area (Å²) in [6.07, 6.45) is 5.01. The first-order chi connectivity index (χ1) is 12.7. The number of anilines is 1. The van der Waals surface area contributed by atoms with Gasteiger partial charge in [-0.15, -0.1) is 0 Å². The number of hydrogen-bond acceptors (Lipinski definition) is 6. The van der Waals surface area contributed by atoms with Gasteiger partial charge in [0.2, 0.25) is 5.95 Å². The quantitative estimate of drug-likeness (QED) is 0.681. The zero-order valence-electron chi connectivity index (χ0n) is 14.3. The molecule has 0 aliphatic rings. The van der Waals surface area contributed by atoms with Crippen molar-refractivity contribution >= 4 is 11.9 Å². The molecule has 3 rings (SSSR count). The summed E-state index contributed by atoms with van der Waals surface area (Å²) < 4.78 is 5.12. The van der Waals surface area contributed by atoms with Crippen LogP contribution in [0.2, 0.25) is 0 Å². The molecule has 0 saturated carbocycles. The van der Waals surface area contributed by atoms with E-state index in [9.17, 15) is 4.79 Å². The maximum absolute atomic E-state index is 12.3. The van der Waals surface area contributed by atoms with Crippen LogP contribution < -0.4 is 15.4 Å². The number of carbonyl (C=O) groups excluding carboxylic acids is 1. The number of nitrogens with one attached hydrogen (secondary N) is 2. The van der Waals surface area contributed by atoms with E-state index in [4.69, 9.17) is 4.74 Å². The van der Waals surface area contributed by atoms with Gasteiger partial charge in [-0.05, 0) is 41.5 Å². The van der Waals surface area contributed by atoms with Crippen LogP contribution in [0.15, 0.2) is 61.1 Å². The largest absolute Gasteiger partial charge is 0.497 e. The van der Waals surface area contributed by atoms with E-state index in [1.54, 1.807) is 31.8 Å². The lowest BCUT2D eigenvalue weighted by Gasteiger charge is -2.08. The molecule has 0 aliphatic heterocycles. The molecule has 0 fully saturated rings. The topological polar surface area (TPSA) is 89.0 Å². The monoisotopic (exact) mass is 349 g/mol. The van der Waals surface area contributed by atoms with E-state index in [1.165, 1.54) is 0 Å². The maximum atomic E-state index is 12.3. The summed E-state index contributed by atoms with van der Waals surface area (Å²) in [5, 5.41) is 5.95. The van der Waals surface area contributed by atoms with Gasteiger partial charge in [0.15, 0.2) is 0 Å². The van der Waals surface area contributed by atoms with Gasteiger partial charge in [-0.3, -0.25) is 9.78 Å². The second-order valence-corrected chi connectivity index (χ2v) is 5.51. The molecule has 0 atom stereocenters. The molecule has 0 spiro atoms. The number of hydrogen-bond donors (Lipinski definition) is 2. The minimum Gasteiger partial charge on any atom is -0.497 e. The molecule has 7 heteroatoms. The van der Waals surface area contributed by atoms with Crippen LogP contribution in [0, 0.1) is 0 Å². The fourth-order valence-corrected chi connectivity index (χ4v) is 2.27. The van der Waals surface area contributed by atoms with Crippen molar-refractivity contribution in [3.63, 3.8) is 0 Å². The van der Waals surface area contributed by atoms with Crippen molar-refractivity contribution in [2.45, 2.75) is 13.1 Å². The maximum Gasteiger partial charge on any atom is 0.270 e. The van der Waals surface area contributed by atoms with Crippen LogP contribution in [-0.2, 0) is 13.1 Å². The van der Waals surface area contributed by atoms with Gasteiger partial charge in [0.05, 0.1) is 7.11 Å². The number of aromatic nitrogens is 3. The number of ether oxygens (including phenoxy) is 1. The fraction of sp³-hybridized carbons (Fsp3) is 0.158. The Morgan fingerprint density at radius 3 is 2.42 bits per heavy atom. The van der Waals surface area contributed by atoms with Crippen molar-refractivity contribution in [2.24, 2.45) is 0 Å². The lowest BCUT2D eigenvalue weighted by molar-refractivity contribution is 0.0946. The van der Waals surface area contributed by atoms with E-state index in [0.29, 0.717) is 24.7 Å². The Hall–Kier alpha value is -3.48. The standard InChI is InChI=1S/C19H19N5O2/c1-26-16-4-2-14(3-5-16)12-22-18(25)17-8-11-21-19(24-17)23-13-15-6-9-20-10-7-15/h2-11H,12-13H2,1H3,(H,22,25)(H,21,23,24). The zero-order valence-corrected chi connectivity index (χ0v) is 14.3. The molecular weight excluding hydrogens is 330 g/mol. The van der Waals surface area contributed by atoms with Gasteiger partial charge in [-0.2, -0.15) is 0 Å². The number of nitrogens with zero attached hydrogens (tertiary/aromatic N) is 3. The molecule has 132 valence electrons. The first kappa shape index (κ1) is 17.3. The van der Waals surface area contributed by atoms with E-state index >= 15 is 0 Å². The summed E-state index contributed by atoms with van der Waals surface area (Å²) in [5.74, 6) is 0.926. The first-order valence-electron chi connectivity index (χ1n) is 8.11. The Morgan fingerprint density at radius 1 is 0.962 bits per heavy atom. The minimum atomic E-state index is -0.254. The molecule has 0 bridgehead atoms. The SMILES string of the molecule is COc1ccc(CNC(=O)c2ccnc(NCc3ccncc3)n2)cc1. The van der Waals surface area contributed by atoms with Crippen LogP contribution in [0.5, 0.6) is 5.75 Å². The number of rotatable bonds is 7. The lowest BCUT2D eigenvalue weighted by Crippen LogP contribution is -2.24. The summed E-state index contributed by atoms with van der Waals surface area (Å²) in [5.41, 5.74) is 2.34. The number of amides is 1. The number of pyridine rings is 1. The molecular formula is C19H19N5O2. The van der Waals surface area contributed by atoms with Crippen molar-refractivity contribution in [3.8, 4) is 5.75 Å². The van der Waals surface area contributed by atoms with E-state index in [-0.39, 0.29) is 5.91 Å². The van der Waals surface area contributed by atoms with E-state index < -0.39 is 0 Å². The Labute approximate surface area is 151 Å². The third-order valence-electron chi connectivity index (χ3n) is 3.70. The van der Waals surface area contributed by atoms with E-state index in [0.717, 1.165) is 16.9 Å². The number of benzene rings is 1. The molecule has 7 nitrogen and oxygen atoms in total. The zero-order chi connectivity index (χ0) is 18.2. The molecule has 2 N–H and O–H groups in total. The Kier molecular flexibility index (Phi) is 5.72. The summed E-state index contributed by atoms with van der Waals surface area (Å²) in [6.45, 7) is 0.964. The van der Waals surface area contributed by atoms with Crippen LogP contribution in [0.25, 0.3) is 0 Å². The molecule has 2 heterocycles. The van der Waals surface area contributed by atoms with Crippen LogP contribution in [-0.4, -0.2) is 28.0 Å². The van der Waals surface area contributed by atoms with E-state index in [2.05, 4.69) is 25.6 Å². The second kappa shape index (κ2) is 8.57. The van der Waals surface area contributed by atoms with Crippen LogP contribution >= 0.6 is 0 Å². The average Bonchev–Trinajstić information content (AvgIpc) is 2.72. The van der Waals surface area contributed by atoms with Gasteiger partial charge in [0.1, 0.15) is 11.4 Å². The highest BCUT2D eigenvalue weighted by molar-refractivity contribution is 5.92. The normalized spacial score (nSPS) is 10.2. The highest BCUT2D eigenvalue weighted by Crippen LogP contribution is 2.11. The Balaban J connectivity index is 1.57. The molecule has 1 amide bonds. The van der Waals surface area contributed by atoms with E-state index in [1.807, 2.05) is 36.4 Å². The smallest absolute Gasteiger partial charge is 0.270 e. The summed E-state index contributed by atoms with van der Waals surface area (Å²) >= 11 is 0. The molecule has 2 aromatic heterocycles. The van der Waals surface area contributed by atoms with Crippen LogP contribution in [0.4, 0.5) is 5.95 Å². The predicted molar refractivity (Wildman–Crippen MR) is 97.8 cm³/mol.